The van der Waals surface area contributed by atoms with Gasteiger partial charge in [-0.15, -0.1) is 0 Å². The highest BCUT2D eigenvalue weighted by molar-refractivity contribution is 5.82. The van der Waals surface area contributed by atoms with E-state index < -0.39 is 0 Å². The van der Waals surface area contributed by atoms with Crippen molar-refractivity contribution in [1.82, 2.24) is 20.9 Å². The Hall–Kier alpha value is -0.650. The molecule has 1 aliphatic heterocycles. The minimum Gasteiger partial charge on any atom is -0.353 e. The van der Waals surface area contributed by atoms with Gasteiger partial charge in [0.1, 0.15) is 0 Å². The van der Waals surface area contributed by atoms with Crippen LogP contribution in [0, 0.1) is 0 Å². The average Bonchev–Trinajstić information content (AvgIpc) is 2.38. The summed E-state index contributed by atoms with van der Waals surface area (Å²) in [5, 5.41) is 9.55. The maximum atomic E-state index is 11.9. The van der Waals surface area contributed by atoms with Gasteiger partial charge in [0.15, 0.2) is 0 Å². The van der Waals surface area contributed by atoms with Crippen LogP contribution < -0.4 is 16.0 Å². The molecule has 5 heteroatoms. The Morgan fingerprint density at radius 3 is 2.72 bits per heavy atom. The molecule has 18 heavy (non-hydrogen) atoms. The molecule has 1 amide bonds. The highest BCUT2D eigenvalue weighted by Gasteiger charge is 2.22. The van der Waals surface area contributed by atoms with Crippen LogP contribution in [0.5, 0.6) is 0 Å². The first kappa shape index (κ1) is 15.4. The van der Waals surface area contributed by atoms with Crippen molar-refractivity contribution in [3.63, 3.8) is 0 Å². The van der Waals surface area contributed by atoms with Crippen molar-refractivity contribution in [2.24, 2.45) is 0 Å². The smallest absolute Gasteiger partial charge is 0.238 e. The number of hydrogen-bond donors (Lipinski definition) is 3. The first-order valence-corrected chi connectivity index (χ1v) is 6.99. The van der Waals surface area contributed by atoms with Gasteiger partial charge >= 0.3 is 0 Å². The predicted molar refractivity (Wildman–Crippen MR) is 74.6 cm³/mol. The number of hydrogen-bond acceptors (Lipinski definition) is 4. The number of amides is 1. The van der Waals surface area contributed by atoms with Crippen molar-refractivity contribution < 1.29 is 4.79 Å². The monoisotopic (exact) mass is 256 g/mol. The lowest BCUT2D eigenvalue weighted by Crippen LogP contribution is -2.59. The molecule has 0 bridgehead atoms. The van der Waals surface area contributed by atoms with Crippen molar-refractivity contribution in [2.45, 2.75) is 45.3 Å². The molecular formula is C13H28N4O. The zero-order chi connectivity index (χ0) is 13.5. The summed E-state index contributed by atoms with van der Waals surface area (Å²) in [4.78, 5) is 14.2. The van der Waals surface area contributed by atoms with E-state index in [2.05, 4.69) is 48.7 Å². The first-order valence-electron chi connectivity index (χ1n) is 6.99. The van der Waals surface area contributed by atoms with E-state index in [1.54, 1.807) is 0 Å². The summed E-state index contributed by atoms with van der Waals surface area (Å²) in [6, 6.07) is 0.929. The van der Waals surface area contributed by atoms with Crippen LogP contribution in [-0.4, -0.2) is 62.2 Å². The van der Waals surface area contributed by atoms with E-state index in [1.807, 2.05) is 0 Å². The maximum Gasteiger partial charge on any atom is 0.238 e. The van der Waals surface area contributed by atoms with E-state index in [-0.39, 0.29) is 11.9 Å². The van der Waals surface area contributed by atoms with Crippen molar-refractivity contribution in [2.75, 3.05) is 33.2 Å². The number of piperazine rings is 1. The molecule has 1 heterocycles. The molecule has 0 saturated carbocycles. The normalized spacial score (nSPS) is 26.1. The number of carbonyl (C=O) groups is 1. The zero-order valence-electron chi connectivity index (χ0n) is 12.1. The fraction of sp³-hybridized carbons (Fsp3) is 0.923. The van der Waals surface area contributed by atoms with Gasteiger partial charge in [-0.1, -0.05) is 6.92 Å². The standard InChI is InChI=1S/C13H28N4O/c1-5-11(3)17(4)7-6-14-13(18)12-9-15-10(2)8-16-12/h10-12,15-16H,5-9H2,1-4H3,(H,14,18). The third-order valence-electron chi connectivity index (χ3n) is 3.76. The number of carbonyl (C=O) groups excluding carboxylic acids is 1. The molecule has 3 atom stereocenters. The zero-order valence-corrected chi connectivity index (χ0v) is 12.1. The summed E-state index contributed by atoms with van der Waals surface area (Å²) in [5.41, 5.74) is 0. The second kappa shape index (κ2) is 7.71. The molecule has 0 aliphatic carbocycles. The topological polar surface area (TPSA) is 56.4 Å². The lowest BCUT2D eigenvalue weighted by Gasteiger charge is -2.29. The van der Waals surface area contributed by atoms with Crippen LogP contribution in [0.1, 0.15) is 27.2 Å². The van der Waals surface area contributed by atoms with Crippen molar-refractivity contribution in [3.05, 3.63) is 0 Å². The fourth-order valence-corrected chi connectivity index (χ4v) is 1.98. The molecule has 1 fully saturated rings. The molecule has 1 aliphatic rings. The summed E-state index contributed by atoms with van der Waals surface area (Å²) in [6.45, 7) is 9.68. The average molecular weight is 256 g/mol. The maximum absolute atomic E-state index is 11.9. The molecule has 5 nitrogen and oxygen atoms in total. The Balaban J connectivity index is 2.17. The molecular weight excluding hydrogens is 228 g/mol. The molecule has 0 spiro atoms. The highest BCUT2D eigenvalue weighted by atomic mass is 16.2. The van der Waals surface area contributed by atoms with Gasteiger partial charge in [-0.25, -0.2) is 0 Å². The Labute approximate surface area is 111 Å². The number of nitrogens with zero attached hydrogens (tertiary/aromatic N) is 1. The summed E-state index contributed by atoms with van der Waals surface area (Å²) >= 11 is 0. The van der Waals surface area contributed by atoms with Gasteiger partial charge in [0.2, 0.25) is 5.91 Å². The van der Waals surface area contributed by atoms with Gasteiger partial charge in [-0.2, -0.15) is 0 Å². The molecule has 1 rings (SSSR count). The largest absolute Gasteiger partial charge is 0.353 e. The Morgan fingerprint density at radius 1 is 1.44 bits per heavy atom. The van der Waals surface area contributed by atoms with Gasteiger partial charge in [-0.3, -0.25) is 4.79 Å². The molecule has 0 radical (unpaired) electrons. The van der Waals surface area contributed by atoms with Gasteiger partial charge in [-0.05, 0) is 27.3 Å². The minimum atomic E-state index is -0.0879. The van der Waals surface area contributed by atoms with Crippen LogP contribution in [-0.2, 0) is 4.79 Å². The van der Waals surface area contributed by atoms with Gasteiger partial charge in [0.25, 0.3) is 0 Å². The van der Waals surface area contributed by atoms with Crippen molar-refractivity contribution in [3.8, 4) is 0 Å². The third kappa shape index (κ3) is 4.92. The fourth-order valence-electron chi connectivity index (χ4n) is 1.98. The first-order chi connectivity index (χ1) is 8.54. The molecule has 0 aromatic heterocycles. The van der Waals surface area contributed by atoms with E-state index in [1.165, 1.54) is 0 Å². The quantitative estimate of drug-likeness (QED) is 0.615. The highest BCUT2D eigenvalue weighted by Crippen LogP contribution is 1.98. The van der Waals surface area contributed by atoms with Gasteiger partial charge in [0.05, 0.1) is 6.04 Å². The second-order valence-electron chi connectivity index (χ2n) is 5.30. The third-order valence-corrected chi connectivity index (χ3v) is 3.76. The predicted octanol–water partition coefficient (Wildman–Crippen LogP) is -0.217. The van der Waals surface area contributed by atoms with Gasteiger partial charge in [0, 0.05) is 38.3 Å². The summed E-state index contributed by atoms with van der Waals surface area (Å²) in [7, 11) is 2.10. The number of nitrogens with one attached hydrogen (secondary N) is 3. The van der Waals surface area contributed by atoms with E-state index >= 15 is 0 Å². The van der Waals surface area contributed by atoms with Crippen molar-refractivity contribution >= 4 is 5.91 Å². The lowest BCUT2D eigenvalue weighted by molar-refractivity contribution is -0.123. The lowest BCUT2D eigenvalue weighted by atomic mass is 10.1. The molecule has 3 N–H and O–H groups in total. The van der Waals surface area contributed by atoms with E-state index in [0.717, 1.165) is 19.5 Å². The number of likely N-dealkylation sites (N-methyl/N-ethyl adjacent to an activating group) is 1. The van der Waals surface area contributed by atoms with E-state index in [0.29, 0.717) is 25.2 Å². The molecule has 0 aromatic rings. The van der Waals surface area contributed by atoms with E-state index in [4.69, 9.17) is 0 Å². The second-order valence-corrected chi connectivity index (χ2v) is 5.30. The van der Waals surface area contributed by atoms with Crippen LogP contribution in [0.25, 0.3) is 0 Å². The summed E-state index contributed by atoms with van der Waals surface area (Å²) in [6.07, 6.45) is 1.14. The van der Waals surface area contributed by atoms with Crippen LogP contribution in [0.3, 0.4) is 0 Å². The van der Waals surface area contributed by atoms with Crippen LogP contribution in [0.2, 0.25) is 0 Å². The Bertz CT molecular complexity index is 251. The van der Waals surface area contributed by atoms with Crippen LogP contribution in [0.4, 0.5) is 0 Å². The van der Waals surface area contributed by atoms with E-state index in [9.17, 15) is 4.79 Å². The number of rotatable bonds is 6. The minimum absolute atomic E-state index is 0.0879. The Kier molecular flexibility index (Phi) is 6.60. The Morgan fingerprint density at radius 2 is 2.17 bits per heavy atom. The SMILES string of the molecule is CCC(C)N(C)CCNC(=O)C1CNC(C)CN1. The molecule has 106 valence electrons. The van der Waals surface area contributed by atoms with Crippen LogP contribution >= 0.6 is 0 Å². The molecule has 1 saturated heterocycles. The molecule has 3 unspecified atom stereocenters. The van der Waals surface area contributed by atoms with Gasteiger partial charge < -0.3 is 20.9 Å². The van der Waals surface area contributed by atoms with Crippen molar-refractivity contribution in [1.29, 1.82) is 0 Å². The summed E-state index contributed by atoms with van der Waals surface area (Å²) < 4.78 is 0. The van der Waals surface area contributed by atoms with Crippen LogP contribution in [0.15, 0.2) is 0 Å². The summed E-state index contributed by atoms with van der Waals surface area (Å²) in [5.74, 6) is 0.104. The molecule has 0 aromatic carbocycles.